The molecule has 0 heterocycles. The first-order chi connectivity index (χ1) is 9.81. The lowest BCUT2D eigenvalue weighted by atomic mass is 10.0. The lowest BCUT2D eigenvalue weighted by Crippen LogP contribution is -2.48. The van der Waals surface area contributed by atoms with Gasteiger partial charge < -0.3 is 36.0 Å². The molecule has 0 saturated heterocycles. The fraction of sp³-hybridized carbons (Fsp3) is 0.923. The molecule has 0 amide bonds. The number of aliphatic hydroxyl groups excluding tert-OH is 5. The van der Waals surface area contributed by atoms with E-state index in [1.165, 1.54) is 0 Å². The van der Waals surface area contributed by atoms with Crippen LogP contribution >= 0.6 is 0 Å². The molecule has 0 aliphatic rings. The van der Waals surface area contributed by atoms with Gasteiger partial charge in [0.25, 0.3) is 0 Å². The van der Waals surface area contributed by atoms with Crippen molar-refractivity contribution in [1.29, 1.82) is 0 Å². The summed E-state index contributed by atoms with van der Waals surface area (Å²) in [4.78, 5) is 9.87. The number of aliphatic hydroxyl groups is 5. The van der Waals surface area contributed by atoms with Gasteiger partial charge in [-0.1, -0.05) is 19.8 Å². The number of rotatable bonds is 10. The molecule has 0 aromatic heterocycles. The van der Waals surface area contributed by atoms with Crippen LogP contribution in [0.15, 0.2) is 0 Å². The highest BCUT2D eigenvalue weighted by atomic mass is 16.4. The Hall–Kier alpha value is -0.770. The van der Waals surface area contributed by atoms with Gasteiger partial charge in [-0.3, -0.25) is 4.79 Å². The van der Waals surface area contributed by atoms with Crippen molar-refractivity contribution in [2.45, 2.75) is 57.0 Å². The Morgan fingerprint density at radius 2 is 1.57 bits per heavy atom. The average Bonchev–Trinajstić information content (AvgIpc) is 2.45. The second-order valence-electron chi connectivity index (χ2n) is 4.71. The van der Waals surface area contributed by atoms with Gasteiger partial charge in [-0.25, -0.2) is 0 Å². The molecule has 0 aliphatic carbocycles. The quantitative estimate of drug-likeness (QED) is 0.236. The third-order valence-electron chi connectivity index (χ3n) is 2.73. The normalized spacial score (nSPS) is 16.3. The molecule has 4 atom stereocenters. The molecule has 0 aliphatic heterocycles. The molecule has 0 fully saturated rings. The molecule has 0 rings (SSSR count). The summed E-state index contributed by atoms with van der Waals surface area (Å²) in [6, 6.07) is 0. The number of nitrogens with one attached hydrogen (secondary N) is 1. The number of aliphatic carboxylic acids is 1. The molecule has 0 aromatic carbocycles. The van der Waals surface area contributed by atoms with Gasteiger partial charge in [-0.2, -0.15) is 0 Å². The maximum absolute atomic E-state index is 9.87. The van der Waals surface area contributed by atoms with E-state index in [2.05, 4.69) is 12.2 Å². The first-order valence-corrected chi connectivity index (χ1v) is 7.01. The third-order valence-corrected chi connectivity index (χ3v) is 2.73. The van der Waals surface area contributed by atoms with Crippen molar-refractivity contribution < 1.29 is 35.4 Å². The molecule has 21 heavy (non-hydrogen) atoms. The summed E-state index contributed by atoms with van der Waals surface area (Å²) in [6.07, 6.45) is -2.37. The Bertz CT molecular complexity index is 253. The molecule has 0 unspecified atom stereocenters. The van der Waals surface area contributed by atoms with Crippen LogP contribution in [-0.2, 0) is 4.79 Å². The number of likely N-dealkylation sites (N-methyl/N-ethyl adjacent to an activating group) is 1. The topological polar surface area (TPSA) is 150 Å². The van der Waals surface area contributed by atoms with Gasteiger partial charge in [0, 0.05) is 13.0 Å². The standard InChI is InChI=1S/C7H17NO5.C6H12O2/c1-8-2-4(10)6(12)7(13)5(11)3-9;1-2-3-4-5-6(7)8/h4-13H,2-3H2,1H3;2-5H2,1H3,(H,7,8)/t4-,5+,6+,7+;/m0./s1. The molecule has 0 radical (unpaired) electrons. The molecule has 8 nitrogen and oxygen atoms in total. The van der Waals surface area contributed by atoms with Gasteiger partial charge in [-0.15, -0.1) is 0 Å². The molecule has 7 N–H and O–H groups in total. The molecule has 0 bridgehead atoms. The zero-order valence-electron chi connectivity index (χ0n) is 12.6. The summed E-state index contributed by atoms with van der Waals surface area (Å²) in [6.45, 7) is 1.49. The Balaban J connectivity index is 0. The van der Waals surface area contributed by atoms with Gasteiger partial charge in [0.05, 0.1) is 12.7 Å². The van der Waals surface area contributed by atoms with Crippen LogP contribution in [0.5, 0.6) is 0 Å². The van der Waals surface area contributed by atoms with Crippen LogP contribution in [0.3, 0.4) is 0 Å². The second-order valence-corrected chi connectivity index (χ2v) is 4.71. The van der Waals surface area contributed by atoms with E-state index < -0.39 is 37.0 Å². The van der Waals surface area contributed by atoms with Crippen molar-refractivity contribution in [1.82, 2.24) is 5.32 Å². The van der Waals surface area contributed by atoms with E-state index in [1.807, 2.05) is 0 Å². The van der Waals surface area contributed by atoms with Crippen LogP contribution in [0.1, 0.15) is 32.6 Å². The van der Waals surface area contributed by atoms with Crippen molar-refractivity contribution in [3.05, 3.63) is 0 Å². The van der Waals surface area contributed by atoms with Crippen LogP contribution in [0, 0.1) is 0 Å². The fourth-order valence-electron chi connectivity index (χ4n) is 1.42. The van der Waals surface area contributed by atoms with Crippen LogP contribution < -0.4 is 5.32 Å². The highest BCUT2D eigenvalue weighted by molar-refractivity contribution is 5.66. The third kappa shape index (κ3) is 12.7. The minimum Gasteiger partial charge on any atom is -0.481 e. The highest BCUT2D eigenvalue weighted by Crippen LogP contribution is 2.04. The SMILES string of the molecule is CCCCCC(=O)O.CNC[C@H](O)[C@@H](O)[C@H](O)[C@H](O)CO. The van der Waals surface area contributed by atoms with Gasteiger partial charge in [0.1, 0.15) is 18.3 Å². The van der Waals surface area contributed by atoms with Crippen LogP contribution in [0.2, 0.25) is 0 Å². The monoisotopic (exact) mass is 311 g/mol. The van der Waals surface area contributed by atoms with Crippen LogP contribution in [0.25, 0.3) is 0 Å². The minimum atomic E-state index is -1.55. The van der Waals surface area contributed by atoms with Crippen molar-refractivity contribution in [3.8, 4) is 0 Å². The number of carboxylic acid groups (broad SMARTS) is 1. The second kappa shape index (κ2) is 14.2. The van der Waals surface area contributed by atoms with E-state index in [-0.39, 0.29) is 6.54 Å². The van der Waals surface area contributed by atoms with Gasteiger partial charge >= 0.3 is 5.97 Å². The van der Waals surface area contributed by atoms with E-state index in [0.717, 1.165) is 19.3 Å². The number of hydrogen-bond acceptors (Lipinski definition) is 7. The van der Waals surface area contributed by atoms with Crippen molar-refractivity contribution in [2.24, 2.45) is 0 Å². The molecule has 0 spiro atoms. The number of hydrogen-bond donors (Lipinski definition) is 7. The lowest BCUT2D eigenvalue weighted by molar-refractivity contribution is -0.137. The Morgan fingerprint density at radius 1 is 1.05 bits per heavy atom. The maximum atomic E-state index is 9.87. The lowest BCUT2D eigenvalue weighted by Gasteiger charge is -2.25. The fourth-order valence-corrected chi connectivity index (χ4v) is 1.42. The van der Waals surface area contributed by atoms with E-state index in [0.29, 0.717) is 6.42 Å². The Labute approximate surface area is 125 Å². The van der Waals surface area contributed by atoms with E-state index in [1.54, 1.807) is 7.05 Å². The predicted octanol–water partition coefficient (Wildman–Crippen LogP) is -1.71. The molecule has 0 saturated carbocycles. The number of carbonyl (C=O) groups is 1. The first-order valence-electron chi connectivity index (χ1n) is 7.01. The van der Waals surface area contributed by atoms with Crippen molar-refractivity contribution >= 4 is 5.97 Å². The van der Waals surface area contributed by atoms with E-state index in [4.69, 9.17) is 25.5 Å². The summed E-state index contributed by atoms with van der Waals surface area (Å²) >= 11 is 0. The van der Waals surface area contributed by atoms with Gasteiger partial charge in [0.15, 0.2) is 0 Å². The van der Waals surface area contributed by atoms with Crippen molar-refractivity contribution in [2.75, 3.05) is 20.2 Å². The van der Waals surface area contributed by atoms with Gasteiger partial charge in [-0.05, 0) is 13.5 Å². The largest absolute Gasteiger partial charge is 0.481 e. The van der Waals surface area contributed by atoms with Crippen molar-refractivity contribution in [3.63, 3.8) is 0 Å². The number of unbranched alkanes of at least 4 members (excludes halogenated alkanes) is 2. The maximum Gasteiger partial charge on any atom is 0.303 e. The zero-order valence-corrected chi connectivity index (χ0v) is 12.6. The minimum absolute atomic E-state index is 0.0936. The van der Waals surface area contributed by atoms with Crippen LogP contribution in [-0.4, -0.2) is 81.2 Å². The number of carboxylic acids is 1. The molecule has 8 heteroatoms. The molecular weight excluding hydrogens is 282 g/mol. The van der Waals surface area contributed by atoms with Gasteiger partial charge in [0.2, 0.25) is 0 Å². The first kappa shape index (κ1) is 22.5. The smallest absolute Gasteiger partial charge is 0.303 e. The molecule has 128 valence electrons. The predicted molar refractivity (Wildman–Crippen MR) is 76.8 cm³/mol. The average molecular weight is 311 g/mol. The summed E-state index contributed by atoms with van der Waals surface area (Å²) in [7, 11) is 1.57. The highest BCUT2D eigenvalue weighted by Gasteiger charge is 2.29. The van der Waals surface area contributed by atoms with E-state index in [9.17, 15) is 9.90 Å². The Morgan fingerprint density at radius 3 is 1.95 bits per heavy atom. The molecule has 0 aromatic rings. The summed E-state index contributed by atoms with van der Waals surface area (Å²) in [5.41, 5.74) is 0. The molecular formula is C13H29NO7. The summed E-state index contributed by atoms with van der Waals surface area (Å²) < 4.78 is 0. The summed E-state index contributed by atoms with van der Waals surface area (Å²) in [5.74, 6) is -0.682. The summed E-state index contributed by atoms with van der Waals surface area (Å²) in [5, 5.41) is 55.6. The van der Waals surface area contributed by atoms with E-state index >= 15 is 0 Å². The Kier molecular flexibility index (Phi) is 15.2. The zero-order chi connectivity index (χ0) is 16.8. The van der Waals surface area contributed by atoms with Crippen LogP contribution in [0.4, 0.5) is 0 Å².